The molecule has 0 heterocycles. The lowest BCUT2D eigenvalue weighted by Gasteiger charge is -2.06. The third-order valence-electron chi connectivity index (χ3n) is 3.04. The maximum absolute atomic E-state index is 11.9. The van der Waals surface area contributed by atoms with Crippen LogP contribution in [0, 0.1) is 0 Å². The normalized spacial score (nSPS) is 9.95. The standard InChI is InChI=1S/C17H18N2O2/c1-2-18-16(20)12-19-17(21)15-10-8-14(9-11-15)13-6-4-3-5-7-13/h3-11H,2,12H2,1H3,(H,18,20)(H,19,21). The maximum atomic E-state index is 11.9. The molecule has 0 unspecified atom stereocenters. The molecule has 4 heteroatoms. The molecule has 0 radical (unpaired) electrons. The molecule has 0 saturated carbocycles. The van der Waals surface area contributed by atoms with E-state index in [1.807, 2.05) is 49.4 Å². The summed E-state index contributed by atoms with van der Waals surface area (Å²) in [7, 11) is 0. The zero-order valence-corrected chi connectivity index (χ0v) is 11.9. The summed E-state index contributed by atoms with van der Waals surface area (Å²) in [5.74, 6) is -0.437. The SMILES string of the molecule is CCNC(=O)CNC(=O)c1ccc(-c2ccccc2)cc1. The quantitative estimate of drug-likeness (QED) is 0.883. The van der Waals surface area contributed by atoms with Gasteiger partial charge in [-0.1, -0.05) is 42.5 Å². The second kappa shape index (κ2) is 7.24. The van der Waals surface area contributed by atoms with Gasteiger partial charge in [-0.2, -0.15) is 0 Å². The number of rotatable bonds is 5. The Balaban J connectivity index is 1.99. The van der Waals surface area contributed by atoms with Crippen molar-refractivity contribution in [1.82, 2.24) is 10.6 Å². The maximum Gasteiger partial charge on any atom is 0.251 e. The number of benzene rings is 2. The third-order valence-corrected chi connectivity index (χ3v) is 3.04. The van der Waals surface area contributed by atoms with Crippen molar-refractivity contribution in [2.45, 2.75) is 6.92 Å². The number of hydrogen-bond acceptors (Lipinski definition) is 2. The Bertz CT molecular complexity index is 606. The molecule has 0 fully saturated rings. The molecule has 2 aromatic rings. The van der Waals surface area contributed by atoms with E-state index in [2.05, 4.69) is 10.6 Å². The molecule has 108 valence electrons. The van der Waals surface area contributed by atoms with E-state index in [-0.39, 0.29) is 18.4 Å². The van der Waals surface area contributed by atoms with Crippen molar-refractivity contribution in [2.75, 3.05) is 13.1 Å². The molecule has 0 aliphatic carbocycles. The van der Waals surface area contributed by atoms with Gasteiger partial charge in [-0.3, -0.25) is 9.59 Å². The molecular weight excluding hydrogens is 264 g/mol. The minimum atomic E-state index is -0.249. The fraction of sp³-hybridized carbons (Fsp3) is 0.176. The Labute approximate surface area is 124 Å². The number of nitrogens with one attached hydrogen (secondary N) is 2. The van der Waals surface area contributed by atoms with E-state index in [4.69, 9.17) is 0 Å². The Morgan fingerprint density at radius 1 is 0.857 bits per heavy atom. The van der Waals surface area contributed by atoms with E-state index in [0.717, 1.165) is 11.1 Å². The molecular formula is C17H18N2O2. The number of likely N-dealkylation sites (N-methyl/N-ethyl adjacent to an activating group) is 1. The predicted octanol–water partition coefficient (Wildman–Crippen LogP) is 2.22. The highest BCUT2D eigenvalue weighted by molar-refractivity contribution is 5.96. The average molecular weight is 282 g/mol. The molecule has 0 aliphatic rings. The van der Waals surface area contributed by atoms with Crippen LogP contribution in [0.2, 0.25) is 0 Å². The minimum absolute atomic E-state index is 0.00684. The van der Waals surface area contributed by atoms with Crippen LogP contribution in [0.25, 0.3) is 11.1 Å². The van der Waals surface area contributed by atoms with Crippen LogP contribution in [-0.2, 0) is 4.79 Å². The second-order valence-corrected chi connectivity index (χ2v) is 4.58. The molecule has 2 N–H and O–H groups in total. The first-order chi connectivity index (χ1) is 10.2. The minimum Gasteiger partial charge on any atom is -0.355 e. The van der Waals surface area contributed by atoms with Crippen LogP contribution in [0.15, 0.2) is 54.6 Å². The number of hydrogen-bond donors (Lipinski definition) is 2. The van der Waals surface area contributed by atoms with E-state index >= 15 is 0 Å². The molecule has 0 aromatic heterocycles. The van der Waals surface area contributed by atoms with Gasteiger partial charge in [0.2, 0.25) is 5.91 Å². The van der Waals surface area contributed by atoms with Crippen LogP contribution < -0.4 is 10.6 Å². The van der Waals surface area contributed by atoms with Crippen LogP contribution in [-0.4, -0.2) is 24.9 Å². The monoisotopic (exact) mass is 282 g/mol. The van der Waals surface area contributed by atoms with Crippen molar-refractivity contribution in [3.63, 3.8) is 0 Å². The van der Waals surface area contributed by atoms with E-state index in [0.29, 0.717) is 12.1 Å². The third kappa shape index (κ3) is 4.18. The summed E-state index contributed by atoms with van der Waals surface area (Å²) in [6, 6.07) is 17.3. The molecule has 0 aliphatic heterocycles. The smallest absolute Gasteiger partial charge is 0.251 e. The van der Waals surface area contributed by atoms with Crippen molar-refractivity contribution in [3.8, 4) is 11.1 Å². The topological polar surface area (TPSA) is 58.2 Å². The highest BCUT2D eigenvalue weighted by Gasteiger charge is 2.07. The lowest BCUT2D eigenvalue weighted by atomic mass is 10.0. The average Bonchev–Trinajstić information content (AvgIpc) is 2.54. The van der Waals surface area contributed by atoms with E-state index in [1.54, 1.807) is 12.1 Å². The van der Waals surface area contributed by atoms with Gasteiger partial charge in [0.05, 0.1) is 6.54 Å². The first-order valence-electron chi connectivity index (χ1n) is 6.91. The Morgan fingerprint density at radius 2 is 1.48 bits per heavy atom. The Kier molecular flexibility index (Phi) is 5.10. The van der Waals surface area contributed by atoms with Gasteiger partial charge < -0.3 is 10.6 Å². The van der Waals surface area contributed by atoms with Crippen LogP contribution in [0.1, 0.15) is 17.3 Å². The van der Waals surface area contributed by atoms with E-state index in [9.17, 15) is 9.59 Å². The van der Waals surface area contributed by atoms with Gasteiger partial charge >= 0.3 is 0 Å². The fourth-order valence-electron chi connectivity index (χ4n) is 1.97. The predicted molar refractivity (Wildman–Crippen MR) is 82.9 cm³/mol. The summed E-state index contributed by atoms with van der Waals surface area (Å²) in [5.41, 5.74) is 2.70. The van der Waals surface area contributed by atoms with E-state index in [1.165, 1.54) is 0 Å². The zero-order chi connectivity index (χ0) is 15.1. The summed E-state index contributed by atoms with van der Waals surface area (Å²) >= 11 is 0. The van der Waals surface area contributed by atoms with Gasteiger partial charge in [-0.05, 0) is 30.2 Å². The molecule has 0 spiro atoms. The number of amides is 2. The molecule has 4 nitrogen and oxygen atoms in total. The summed E-state index contributed by atoms with van der Waals surface area (Å²) in [4.78, 5) is 23.2. The first kappa shape index (κ1) is 14.8. The second-order valence-electron chi connectivity index (χ2n) is 4.58. The molecule has 21 heavy (non-hydrogen) atoms. The molecule has 0 saturated heterocycles. The Morgan fingerprint density at radius 3 is 2.10 bits per heavy atom. The molecule has 0 bridgehead atoms. The van der Waals surface area contributed by atoms with Crippen LogP contribution in [0.5, 0.6) is 0 Å². The van der Waals surface area contributed by atoms with Gasteiger partial charge in [0, 0.05) is 12.1 Å². The first-order valence-corrected chi connectivity index (χ1v) is 6.91. The zero-order valence-electron chi connectivity index (χ0n) is 11.9. The summed E-state index contributed by atoms with van der Waals surface area (Å²) in [6.45, 7) is 2.38. The van der Waals surface area contributed by atoms with Crippen LogP contribution >= 0.6 is 0 Å². The van der Waals surface area contributed by atoms with Crippen molar-refractivity contribution in [3.05, 3.63) is 60.2 Å². The van der Waals surface area contributed by atoms with Gasteiger partial charge in [0.15, 0.2) is 0 Å². The van der Waals surface area contributed by atoms with E-state index < -0.39 is 0 Å². The number of carbonyl (C=O) groups excluding carboxylic acids is 2. The van der Waals surface area contributed by atoms with Crippen molar-refractivity contribution in [2.24, 2.45) is 0 Å². The van der Waals surface area contributed by atoms with Gasteiger partial charge in [-0.15, -0.1) is 0 Å². The van der Waals surface area contributed by atoms with Gasteiger partial charge in [0.1, 0.15) is 0 Å². The lowest BCUT2D eigenvalue weighted by molar-refractivity contribution is -0.120. The largest absolute Gasteiger partial charge is 0.355 e. The lowest BCUT2D eigenvalue weighted by Crippen LogP contribution is -2.36. The molecule has 2 aromatic carbocycles. The van der Waals surface area contributed by atoms with Gasteiger partial charge in [-0.25, -0.2) is 0 Å². The fourth-order valence-corrected chi connectivity index (χ4v) is 1.97. The van der Waals surface area contributed by atoms with Crippen LogP contribution in [0.4, 0.5) is 0 Å². The molecule has 0 atom stereocenters. The number of carbonyl (C=O) groups is 2. The summed E-state index contributed by atoms with van der Waals surface area (Å²) in [5, 5.41) is 5.22. The van der Waals surface area contributed by atoms with Crippen molar-refractivity contribution < 1.29 is 9.59 Å². The van der Waals surface area contributed by atoms with Crippen molar-refractivity contribution >= 4 is 11.8 Å². The van der Waals surface area contributed by atoms with Gasteiger partial charge in [0.25, 0.3) is 5.91 Å². The summed E-state index contributed by atoms with van der Waals surface area (Å²) in [6.07, 6.45) is 0. The van der Waals surface area contributed by atoms with Crippen molar-refractivity contribution in [1.29, 1.82) is 0 Å². The molecule has 2 rings (SSSR count). The van der Waals surface area contributed by atoms with Crippen LogP contribution in [0.3, 0.4) is 0 Å². The Hall–Kier alpha value is -2.62. The molecule has 2 amide bonds. The highest BCUT2D eigenvalue weighted by atomic mass is 16.2. The summed E-state index contributed by atoms with van der Waals surface area (Å²) < 4.78 is 0. The highest BCUT2D eigenvalue weighted by Crippen LogP contribution is 2.19.